The van der Waals surface area contributed by atoms with E-state index in [1.807, 2.05) is 17.0 Å². The Morgan fingerprint density at radius 3 is 2.25 bits per heavy atom. The van der Waals surface area contributed by atoms with Crippen LogP contribution >= 0.6 is 11.6 Å². The van der Waals surface area contributed by atoms with Crippen LogP contribution in [0.3, 0.4) is 0 Å². The second kappa shape index (κ2) is 14.7. The molecule has 1 aromatic heterocycles. The molecule has 5 heterocycles. The number of nitrogens with one attached hydrogen (secondary N) is 2. The molecule has 3 aromatic rings. The predicted octanol–water partition coefficient (Wildman–Crippen LogP) is 4.99. The van der Waals surface area contributed by atoms with Gasteiger partial charge in [-0.2, -0.15) is 5.10 Å². The number of hydrogen-bond donors (Lipinski definition) is 2. The summed E-state index contributed by atoms with van der Waals surface area (Å²) in [4.78, 5) is 57.0. The monoisotopic (exact) mass is 727 g/mol. The van der Waals surface area contributed by atoms with Gasteiger partial charge in [-0.1, -0.05) is 23.7 Å². The van der Waals surface area contributed by atoms with Gasteiger partial charge >= 0.3 is 0 Å². The van der Waals surface area contributed by atoms with Crippen molar-refractivity contribution in [2.75, 3.05) is 56.5 Å². The number of halogens is 1. The van der Waals surface area contributed by atoms with Crippen molar-refractivity contribution in [2.45, 2.75) is 76.7 Å². The molecule has 276 valence electrons. The van der Waals surface area contributed by atoms with Crippen LogP contribution in [0.4, 0.5) is 11.4 Å². The standard InChI is InChI=1S/C40H50ClN7O4/c1-25-19-31(20-26(2)35(25)32-9-10-34(49)44-37(32)50)47-15-11-40(12-16-47)13-17-48(18-14-40)38(51)28-7-5-27(6-8-28)29-21-30(24-45(3)23-29)43-33-22-42-46(4)39(52)36(33)41/h5-8,19-20,22,29-30,32,43H,9-18,21,23-24H2,1-4H3,(H,44,49,50)/t29-,30+,32?/m0/s1. The number of aryl methyl sites for hydroxylation is 3. The average Bonchev–Trinajstić information content (AvgIpc) is 3.12. The fraction of sp³-hybridized carbons (Fsp3) is 0.525. The highest BCUT2D eigenvalue weighted by atomic mass is 35.5. The molecular weight excluding hydrogens is 678 g/mol. The summed E-state index contributed by atoms with van der Waals surface area (Å²) in [6, 6.07) is 12.7. The van der Waals surface area contributed by atoms with Crippen LogP contribution in [-0.4, -0.2) is 89.7 Å². The van der Waals surface area contributed by atoms with Crippen LogP contribution in [0, 0.1) is 19.3 Å². The van der Waals surface area contributed by atoms with Gasteiger partial charge < -0.3 is 20.0 Å². The van der Waals surface area contributed by atoms with E-state index >= 15 is 0 Å². The molecule has 3 atom stereocenters. The Hall–Kier alpha value is -4.22. The van der Waals surface area contributed by atoms with Gasteiger partial charge in [0.25, 0.3) is 11.5 Å². The summed E-state index contributed by atoms with van der Waals surface area (Å²) in [6.45, 7) is 9.41. The van der Waals surface area contributed by atoms with Gasteiger partial charge in [0.05, 0.1) is 17.8 Å². The molecule has 2 N–H and O–H groups in total. The van der Waals surface area contributed by atoms with E-state index in [-0.39, 0.29) is 51.6 Å². The third-order valence-electron chi connectivity index (χ3n) is 12.2. The van der Waals surface area contributed by atoms with Crippen LogP contribution in [0.1, 0.15) is 89.4 Å². The first kappa shape index (κ1) is 36.2. The van der Waals surface area contributed by atoms with Crippen molar-refractivity contribution < 1.29 is 14.4 Å². The van der Waals surface area contributed by atoms with Gasteiger partial charge in [0.2, 0.25) is 11.8 Å². The highest BCUT2D eigenvalue weighted by Crippen LogP contribution is 2.43. The van der Waals surface area contributed by atoms with E-state index < -0.39 is 0 Å². The molecule has 0 radical (unpaired) electrons. The van der Waals surface area contributed by atoms with Crippen molar-refractivity contribution in [3.05, 3.63) is 85.8 Å². The molecule has 0 saturated carbocycles. The van der Waals surface area contributed by atoms with Crippen molar-refractivity contribution in [1.82, 2.24) is 24.9 Å². The lowest BCUT2D eigenvalue weighted by molar-refractivity contribution is -0.134. The molecule has 4 aliphatic heterocycles. The lowest BCUT2D eigenvalue weighted by Crippen LogP contribution is -2.48. The molecule has 3 amide bonds. The summed E-state index contributed by atoms with van der Waals surface area (Å²) in [5.41, 5.74) is 6.91. The number of rotatable bonds is 6. The number of benzene rings is 2. The van der Waals surface area contributed by atoms with Crippen molar-refractivity contribution in [1.29, 1.82) is 0 Å². The fourth-order valence-electron chi connectivity index (χ4n) is 9.15. The Balaban J connectivity index is 0.921. The first-order valence-corrected chi connectivity index (χ1v) is 19.0. The van der Waals surface area contributed by atoms with Crippen molar-refractivity contribution in [2.24, 2.45) is 12.5 Å². The zero-order valence-corrected chi connectivity index (χ0v) is 31.5. The molecule has 4 aliphatic rings. The first-order chi connectivity index (χ1) is 24.9. The van der Waals surface area contributed by atoms with Crippen LogP contribution in [0.25, 0.3) is 0 Å². The number of anilines is 2. The first-order valence-electron chi connectivity index (χ1n) is 18.7. The van der Waals surface area contributed by atoms with Gasteiger partial charge in [0.15, 0.2) is 0 Å². The molecule has 2 aromatic carbocycles. The largest absolute Gasteiger partial charge is 0.378 e. The molecule has 7 rings (SSSR count). The Morgan fingerprint density at radius 2 is 1.60 bits per heavy atom. The normalized spacial score (nSPS) is 23.8. The molecule has 12 heteroatoms. The highest BCUT2D eigenvalue weighted by molar-refractivity contribution is 6.32. The zero-order chi connectivity index (χ0) is 36.7. The van der Waals surface area contributed by atoms with Gasteiger partial charge in [0.1, 0.15) is 5.02 Å². The van der Waals surface area contributed by atoms with Gasteiger partial charge in [-0.05, 0) is 117 Å². The third-order valence-corrected chi connectivity index (χ3v) is 12.5. The predicted molar refractivity (Wildman–Crippen MR) is 203 cm³/mol. The van der Waals surface area contributed by atoms with E-state index in [1.54, 1.807) is 13.2 Å². The van der Waals surface area contributed by atoms with Crippen LogP contribution < -0.4 is 21.1 Å². The van der Waals surface area contributed by atoms with E-state index in [4.69, 9.17) is 11.6 Å². The maximum atomic E-state index is 13.6. The van der Waals surface area contributed by atoms with Crippen LogP contribution in [0.2, 0.25) is 5.02 Å². The smallest absolute Gasteiger partial charge is 0.287 e. The van der Waals surface area contributed by atoms with E-state index in [0.717, 1.165) is 93.6 Å². The molecule has 0 aliphatic carbocycles. The Bertz CT molecular complexity index is 1890. The van der Waals surface area contributed by atoms with E-state index in [9.17, 15) is 19.2 Å². The number of imide groups is 1. The van der Waals surface area contributed by atoms with Gasteiger partial charge in [0, 0.05) is 70.0 Å². The maximum Gasteiger partial charge on any atom is 0.287 e. The second-order valence-corrected chi connectivity index (χ2v) is 16.1. The summed E-state index contributed by atoms with van der Waals surface area (Å²) in [5.74, 6) is -0.257. The lowest BCUT2D eigenvalue weighted by Gasteiger charge is -2.47. The minimum Gasteiger partial charge on any atom is -0.378 e. The summed E-state index contributed by atoms with van der Waals surface area (Å²) >= 11 is 6.33. The Labute approximate surface area is 310 Å². The minimum atomic E-state index is -0.320. The molecule has 4 fully saturated rings. The van der Waals surface area contributed by atoms with Crippen LogP contribution in [-0.2, 0) is 16.6 Å². The number of carbonyl (C=O) groups excluding carboxylic acids is 3. The summed E-state index contributed by atoms with van der Waals surface area (Å²) in [7, 11) is 3.68. The number of aromatic nitrogens is 2. The Kier molecular flexibility index (Phi) is 10.2. The second-order valence-electron chi connectivity index (χ2n) is 15.7. The number of hydrogen-bond acceptors (Lipinski definition) is 8. The van der Waals surface area contributed by atoms with Gasteiger partial charge in [-0.15, -0.1) is 0 Å². The van der Waals surface area contributed by atoms with Gasteiger partial charge in [-0.3, -0.25) is 24.5 Å². The molecular formula is C40H50ClN7O4. The highest BCUT2D eigenvalue weighted by Gasteiger charge is 2.39. The minimum absolute atomic E-state index is 0.0998. The molecule has 4 saturated heterocycles. The fourth-order valence-corrected chi connectivity index (χ4v) is 9.38. The number of carbonyl (C=O) groups is 3. The van der Waals surface area contributed by atoms with E-state index in [0.29, 0.717) is 18.5 Å². The molecule has 0 bridgehead atoms. The SMILES string of the molecule is Cc1cc(N2CCC3(CCN(C(=O)c4ccc([C@H]5C[C@@H](Nc6cnn(C)c(=O)c6Cl)CN(C)C5)cc4)CC3)CC2)cc(C)c1C1CCC(=O)NC1=O. The summed E-state index contributed by atoms with van der Waals surface area (Å²) in [5, 5.41) is 10.2. The topological polar surface area (TPSA) is 120 Å². The van der Waals surface area contributed by atoms with E-state index in [1.165, 1.54) is 15.9 Å². The van der Waals surface area contributed by atoms with Crippen LogP contribution in [0.5, 0.6) is 0 Å². The summed E-state index contributed by atoms with van der Waals surface area (Å²) in [6.07, 6.45) is 7.68. The Morgan fingerprint density at radius 1 is 0.942 bits per heavy atom. The molecule has 11 nitrogen and oxygen atoms in total. The number of likely N-dealkylation sites (tertiary alicyclic amines) is 2. The molecule has 1 unspecified atom stereocenters. The quantitative estimate of drug-likeness (QED) is 0.341. The number of likely N-dealkylation sites (N-methyl/N-ethyl adjacent to an activating group) is 1. The number of piperidine rings is 4. The molecule has 1 spiro atoms. The third kappa shape index (κ3) is 7.35. The zero-order valence-electron chi connectivity index (χ0n) is 30.7. The average molecular weight is 728 g/mol. The van der Waals surface area contributed by atoms with Crippen molar-refractivity contribution in [3.8, 4) is 0 Å². The van der Waals surface area contributed by atoms with Crippen LogP contribution in [0.15, 0.2) is 47.4 Å². The maximum absolute atomic E-state index is 13.6. The van der Waals surface area contributed by atoms with E-state index in [2.05, 4.69) is 70.7 Å². The number of nitrogens with zero attached hydrogens (tertiary/aromatic N) is 5. The van der Waals surface area contributed by atoms with Crippen molar-refractivity contribution >= 4 is 40.7 Å². The summed E-state index contributed by atoms with van der Waals surface area (Å²) < 4.78 is 1.23. The molecule has 52 heavy (non-hydrogen) atoms. The lowest BCUT2D eigenvalue weighted by atomic mass is 9.71. The number of amides is 3. The van der Waals surface area contributed by atoms with Crippen molar-refractivity contribution in [3.63, 3.8) is 0 Å². The van der Waals surface area contributed by atoms with Gasteiger partial charge in [-0.25, -0.2) is 4.68 Å².